The van der Waals surface area contributed by atoms with Crippen LogP contribution in [0.2, 0.25) is 5.02 Å². The average Bonchev–Trinajstić information content (AvgIpc) is 2.39. The van der Waals surface area contributed by atoms with Crippen LogP contribution in [0.1, 0.15) is 15.9 Å². The molecule has 0 aromatic heterocycles. The fourth-order valence-electron chi connectivity index (χ4n) is 1.92. The maximum Gasteiger partial charge on any atom is 0.255 e. The van der Waals surface area contributed by atoms with Gasteiger partial charge in [-0.2, -0.15) is 0 Å². The van der Waals surface area contributed by atoms with Crippen molar-refractivity contribution in [1.29, 1.82) is 0 Å². The average molecular weight is 304 g/mol. The highest BCUT2D eigenvalue weighted by Gasteiger charge is 2.11. The molecule has 0 spiro atoms. The van der Waals surface area contributed by atoms with Crippen LogP contribution in [0.3, 0.4) is 0 Å². The zero-order valence-electron chi connectivity index (χ0n) is 11.1. The predicted molar refractivity (Wildman–Crippen MR) is 83.2 cm³/mol. The Labute approximate surface area is 126 Å². The minimum Gasteiger partial charge on any atom is -0.399 e. The van der Waals surface area contributed by atoms with Gasteiger partial charge >= 0.3 is 0 Å². The quantitative estimate of drug-likeness (QED) is 0.755. The number of nitrogens with two attached hydrogens (primary N) is 2. The summed E-state index contributed by atoms with van der Waals surface area (Å²) in [6, 6.07) is 11.6. The van der Waals surface area contributed by atoms with Crippen LogP contribution in [0.25, 0.3) is 0 Å². The smallest absolute Gasteiger partial charge is 0.255 e. The molecule has 0 heterocycles. The second-order valence-electron chi connectivity index (χ2n) is 4.53. The van der Waals surface area contributed by atoms with Crippen molar-refractivity contribution >= 4 is 34.8 Å². The van der Waals surface area contributed by atoms with E-state index in [9.17, 15) is 9.59 Å². The van der Waals surface area contributed by atoms with E-state index in [2.05, 4.69) is 5.32 Å². The van der Waals surface area contributed by atoms with E-state index in [1.165, 1.54) is 12.1 Å². The molecule has 0 saturated heterocycles. The van der Waals surface area contributed by atoms with Crippen molar-refractivity contribution in [2.45, 2.75) is 6.42 Å². The first-order valence-corrected chi connectivity index (χ1v) is 6.57. The van der Waals surface area contributed by atoms with E-state index in [0.717, 1.165) is 0 Å². The zero-order valence-corrected chi connectivity index (χ0v) is 11.9. The third-order valence-electron chi connectivity index (χ3n) is 2.81. The largest absolute Gasteiger partial charge is 0.399 e. The molecule has 5 nitrogen and oxygen atoms in total. The molecule has 2 aromatic carbocycles. The number of para-hydroxylation sites is 1. The van der Waals surface area contributed by atoms with Gasteiger partial charge in [0.2, 0.25) is 5.91 Å². The van der Waals surface area contributed by atoms with Gasteiger partial charge in [0.15, 0.2) is 0 Å². The Balaban J connectivity index is 2.25. The number of amides is 2. The van der Waals surface area contributed by atoms with Gasteiger partial charge in [0.1, 0.15) is 0 Å². The molecule has 0 bridgehead atoms. The van der Waals surface area contributed by atoms with Gasteiger partial charge in [-0.05, 0) is 29.8 Å². The molecule has 0 saturated carbocycles. The van der Waals surface area contributed by atoms with Crippen LogP contribution in [-0.2, 0) is 11.2 Å². The van der Waals surface area contributed by atoms with Crippen molar-refractivity contribution in [3.8, 4) is 0 Å². The van der Waals surface area contributed by atoms with Crippen molar-refractivity contribution in [3.05, 3.63) is 58.6 Å². The highest BCUT2D eigenvalue weighted by atomic mass is 35.5. The van der Waals surface area contributed by atoms with Crippen molar-refractivity contribution in [2.75, 3.05) is 11.1 Å². The monoisotopic (exact) mass is 303 g/mol. The molecule has 0 radical (unpaired) electrons. The van der Waals surface area contributed by atoms with Gasteiger partial charge in [-0.25, -0.2) is 0 Å². The first kappa shape index (κ1) is 14.9. The Morgan fingerprint density at radius 2 is 1.86 bits per heavy atom. The second-order valence-corrected chi connectivity index (χ2v) is 4.96. The standard InChI is InChI=1S/C15H14ClN3O2/c16-11-5-10(6-12(17)8-11)15(21)19-13-4-2-1-3-9(13)7-14(18)20/h1-6,8H,7,17H2,(H2,18,20)(H,19,21). The Morgan fingerprint density at radius 1 is 1.14 bits per heavy atom. The molecule has 5 N–H and O–H groups in total. The minimum absolute atomic E-state index is 0.0497. The zero-order chi connectivity index (χ0) is 15.4. The number of hydrogen-bond donors (Lipinski definition) is 3. The molecule has 2 rings (SSSR count). The van der Waals surface area contributed by atoms with Crippen LogP contribution in [0.5, 0.6) is 0 Å². The van der Waals surface area contributed by atoms with Gasteiger partial charge < -0.3 is 16.8 Å². The lowest BCUT2D eigenvalue weighted by atomic mass is 10.1. The number of hydrogen-bond acceptors (Lipinski definition) is 3. The van der Waals surface area contributed by atoms with Gasteiger partial charge in [0.25, 0.3) is 5.91 Å². The summed E-state index contributed by atoms with van der Waals surface area (Å²) in [5, 5.41) is 3.11. The van der Waals surface area contributed by atoms with Gasteiger partial charge in [0.05, 0.1) is 6.42 Å². The maximum absolute atomic E-state index is 12.2. The lowest BCUT2D eigenvalue weighted by molar-refractivity contribution is -0.117. The first-order chi connectivity index (χ1) is 9.95. The van der Waals surface area contributed by atoms with E-state index in [1.807, 2.05) is 0 Å². The third-order valence-corrected chi connectivity index (χ3v) is 3.03. The first-order valence-electron chi connectivity index (χ1n) is 6.19. The van der Waals surface area contributed by atoms with Crippen LogP contribution in [0, 0.1) is 0 Å². The summed E-state index contributed by atoms with van der Waals surface area (Å²) in [6.45, 7) is 0. The van der Waals surface area contributed by atoms with E-state index in [1.54, 1.807) is 30.3 Å². The number of carbonyl (C=O) groups excluding carboxylic acids is 2. The Hall–Kier alpha value is -2.53. The summed E-state index contributed by atoms with van der Waals surface area (Å²) in [4.78, 5) is 23.3. The summed E-state index contributed by atoms with van der Waals surface area (Å²) in [5.41, 5.74) is 12.8. The van der Waals surface area contributed by atoms with Crippen molar-refractivity contribution in [1.82, 2.24) is 0 Å². The molecular formula is C15H14ClN3O2. The van der Waals surface area contributed by atoms with Crippen LogP contribution in [0.15, 0.2) is 42.5 Å². The molecule has 0 atom stereocenters. The van der Waals surface area contributed by atoms with Crippen molar-refractivity contribution < 1.29 is 9.59 Å². The molecule has 21 heavy (non-hydrogen) atoms. The van der Waals surface area contributed by atoms with Crippen LogP contribution in [-0.4, -0.2) is 11.8 Å². The number of rotatable bonds is 4. The van der Waals surface area contributed by atoms with Gasteiger partial charge in [-0.1, -0.05) is 29.8 Å². The lowest BCUT2D eigenvalue weighted by Crippen LogP contribution is -2.17. The summed E-state index contributed by atoms with van der Waals surface area (Å²) in [7, 11) is 0. The molecule has 0 aliphatic rings. The Kier molecular flexibility index (Phi) is 4.45. The third kappa shape index (κ3) is 3.97. The van der Waals surface area contributed by atoms with Gasteiger partial charge in [-0.15, -0.1) is 0 Å². The topological polar surface area (TPSA) is 98.2 Å². The molecule has 0 aliphatic heterocycles. The number of nitrogens with one attached hydrogen (secondary N) is 1. The highest BCUT2D eigenvalue weighted by molar-refractivity contribution is 6.31. The second kappa shape index (κ2) is 6.28. The van der Waals surface area contributed by atoms with E-state index in [0.29, 0.717) is 27.5 Å². The number of carbonyl (C=O) groups is 2. The van der Waals surface area contributed by atoms with Gasteiger partial charge in [-0.3, -0.25) is 9.59 Å². The summed E-state index contributed by atoms with van der Waals surface area (Å²) >= 11 is 5.88. The summed E-state index contributed by atoms with van der Waals surface area (Å²) < 4.78 is 0. The molecule has 0 unspecified atom stereocenters. The summed E-state index contributed by atoms with van der Waals surface area (Å²) in [6.07, 6.45) is 0.0497. The molecule has 2 amide bonds. The normalized spacial score (nSPS) is 10.1. The Morgan fingerprint density at radius 3 is 2.52 bits per heavy atom. The molecular weight excluding hydrogens is 290 g/mol. The maximum atomic E-state index is 12.2. The van der Waals surface area contributed by atoms with Crippen molar-refractivity contribution in [2.24, 2.45) is 5.73 Å². The summed E-state index contributed by atoms with van der Waals surface area (Å²) in [5.74, 6) is -0.829. The fourth-order valence-corrected chi connectivity index (χ4v) is 2.17. The number of primary amides is 1. The number of halogens is 1. The SMILES string of the molecule is NC(=O)Cc1ccccc1NC(=O)c1cc(N)cc(Cl)c1. The predicted octanol–water partition coefficient (Wildman–Crippen LogP) is 2.20. The van der Waals surface area contributed by atoms with Gasteiger partial charge in [0, 0.05) is 22.0 Å². The van der Waals surface area contributed by atoms with E-state index >= 15 is 0 Å². The molecule has 0 aliphatic carbocycles. The minimum atomic E-state index is -0.469. The number of anilines is 2. The molecule has 0 fully saturated rings. The van der Waals surface area contributed by atoms with Crippen LogP contribution >= 0.6 is 11.6 Å². The molecule has 108 valence electrons. The van der Waals surface area contributed by atoms with Crippen LogP contribution in [0.4, 0.5) is 11.4 Å². The Bertz CT molecular complexity index is 681. The highest BCUT2D eigenvalue weighted by Crippen LogP contribution is 2.20. The molecule has 2 aromatic rings. The van der Waals surface area contributed by atoms with Crippen LogP contribution < -0.4 is 16.8 Å². The van der Waals surface area contributed by atoms with E-state index in [-0.39, 0.29) is 12.3 Å². The van der Waals surface area contributed by atoms with E-state index in [4.69, 9.17) is 23.1 Å². The van der Waals surface area contributed by atoms with Crippen molar-refractivity contribution in [3.63, 3.8) is 0 Å². The fraction of sp³-hybridized carbons (Fsp3) is 0.0667. The molecule has 6 heteroatoms. The number of benzene rings is 2. The number of nitrogen functional groups attached to an aromatic ring is 1. The van der Waals surface area contributed by atoms with E-state index < -0.39 is 5.91 Å². The lowest BCUT2D eigenvalue weighted by Gasteiger charge is -2.10.